The third-order valence-electron chi connectivity index (χ3n) is 2.59. The number of likely N-dealkylation sites (N-methyl/N-ethyl adjacent to an activating group) is 2. The standard InChI is InChI=1S/C11H15BrFN3O3S/c1-3-16(6-10(17)15-2)20(18,19)9-5-7(14)4-8(12)11(9)13/h4-5H,3,6,14H2,1-2H3,(H,15,17). The zero-order chi connectivity index (χ0) is 15.5. The maximum absolute atomic E-state index is 14.0. The molecule has 3 N–H and O–H groups in total. The molecule has 0 aliphatic rings. The lowest BCUT2D eigenvalue weighted by Gasteiger charge is -2.20. The van der Waals surface area contributed by atoms with Crippen LogP contribution in [0.5, 0.6) is 0 Å². The summed E-state index contributed by atoms with van der Waals surface area (Å²) in [4.78, 5) is 10.8. The van der Waals surface area contributed by atoms with Gasteiger partial charge in [-0.1, -0.05) is 6.92 Å². The van der Waals surface area contributed by atoms with Crippen molar-refractivity contribution in [1.29, 1.82) is 0 Å². The smallest absolute Gasteiger partial charge is 0.246 e. The van der Waals surface area contributed by atoms with Gasteiger partial charge in [-0.2, -0.15) is 4.31 Å². The van der Waals surface area contributed by atoms with Crippen LogP contribution in [0.25, 0.3) is 0 Å². The van der Waals surface area contributed by atoms with Crippen LogP contribution in [0.15, 0.2) is 21.5 Å². The van der Waals surface area contributed by atoms with E-state index in [9.17, 15) is 17.6 Å². The SMILES string of the molecule is CCN(CC(=O)NC)S(=O)(=O)c1cc(N)cc(Br)c1F. The minimum absolute atomic E-state index is 0.0294. The number of carbonyl (C=O) groups is 1. The van der Waals surface area contributed by atoms with Crippen molar-refractivity contribution < 1.29 is 17.6 Å². The molecule has 1 aromatic rings. The summed E-state index contributed by atoms with van der Waals surface area (Å²) < 4.78 is 39.5. The number of anilines is 1. The fourth-order valence-corrected chi connectivity index (χ4v) is 3.65. The number of sulfonamides is 1. The first-order chi connectivity index (χ1) is 9.23. The minimum Gasteiger partial charge on any atom is -0.399 e. The first-order valence-corrected chi connectivity index (χ1v) is 7.92. The predicted octanol–water partition coefficient (Wildman–Crippen LogP) is 0.927. The number of nitrogens with one attached hydrogen (secondary N) is 1. The van der Waals surface area contributed by atoms with E-state index in [2.05, 4.69) is 21.2 Å². The molecule has 0 aromatic heterocycles. The number of hydrogen-bond donors (Lipinski definition) is 2. The lowest BCUT2D eigenvalue weighted by atomic mass is 10.3. The number of rotatable bonds is 5. The molecule has 0 unspecified atom stereocenters. The van der Waals surface area contributed by atoms with Gasteiger partial charge in [-0.25, -0.2) is 12.8 Å². The van der Waals surface area contributed by atoms with Gasteiger partial charge >= 0.3 is 0 Å². The highest BCUT2D eigenvalue weighted by Crippen LogP contribution is 2.28. The quantitative estimate of drug-likeness (QED) is 0.757. The normalized spacial score (nSPS) is 11.7. The highest BCUT2D eigenvalue weighted by atomic mass is 79.9. The van der Waals surface area contributed by atoms with Crippen molar-refractivity contribution in [1.82, 2.24) is 9.62 Å². The van der Waals surface area contributed by atoms with E-state index in [0.29, 0.717) is 0 Å². The van der Waals surface area contributed by atoms with Crippen molar-refractivity contribution in [3.8, 4) is 0 Å². The molecule has 1 aromatic carbocycles. The molecule has 9 heteroatoms. The molecule has 0 radical (unpaired) electrons. The highest BCUT2D eigenvalue weighted by Gasteiger charge is 2.29. The summed E-state index contributed by atoms with van der Waals surface area (Å²) in [5, 5.41) is 2.32. The van der Waals surface area contributed by atoms with Gasteiger partial charge in [0.25, 0.3) is 0 Å². The summed E-state index contributed by atoms with van der Waals surface area (Å²) in [6.07, 6.45) is 0. The molecule has 112 valence electrons. The largest absolute Gasteiger partial charge is 0.399 e. The van der Waals surface area contributed by atoms with Gasteiger partial charge in [0.2, 0.25) is 15.9 Å². The molecule has 1 amide bonds. The zero-order valence-corrected chi connectivity index (χ0v) is 13.4. The Morgan fingerprint density at radius 3 is 2.60 bits per heavy atom. The number of benzene rings is 1. The summed E-state index contributed by atoms with van der Waals surface area (Å²) in [6.45, 7) is 1.20. The van der Waals surface area contributed by atoms with Crippen molar-refractivity contribution in [2.75, 3.05) is 25.9 Å². The van der Waals surface area contributed by atoms with Gasteiger partial charge in [-0.05, 0) is 28.1 Å². The molecule has 0 fully saturated rings. The molecule has 0 saturated heterocycles. The summed E-state index contributed by atoms with van der Waals surface area (Å²) >= 11 is 2.91. The summed E-state index contributed by atoms with van der Waals surface area (Å²) in [5.41, 5.74) is 5.64. The molecule has 0 aliphatic heterocycles. The Labute approximate surface area is 125 Å². The monoisotopic (exact) mass is 367 g/mol. The molecule has 6 nitrogen and oxygen atoms in total. The fourth-order valence-electron chi connectivity index (χ4n) is 1.52. The third-order valence-corrected chi connectivity index (χ3v) is 5.08. The molecular formula is C11H15BrFN3O3S. The Balaban J connectivity index is 3.31. The molecule has 0 spiro atoms. The molecule has 0 aliphatic carbocycles. The first-order valence-electron chi connectivity index (χ1n) is 5.69. The van der Waals surface area contributed by atoms with Crippen LogP contribution in [0.1, 0.15) is 6.92 Å². The van der Waals surface area contributed by atoms with Crippen molar-refractivity contribution in [2.45, 2.75) is 11.8 Å². The van der Waals surface area contributed by atoms with Crippen LogP contribution in [0.2, 0.25) is 0 Å². The number of nitrogens with zero attached hydrogens (tertiary/aromatic N) is 1. The number of halogens is 2. The Hall–Kier alpha value is -1.19. The van der Waals surface area contributed by atoms with Crippen molar-refractivity contribution in [3.63, 3.8) is 0 Å². The van der Waals surface area contributed by atoms with Gasteiger partial charge in [-0.15, -0.1) is 0 Å². The van der Waals surface area contributed by atoms with Gasteiger partial charge < -0.3 is 11.1 Å². The van der Waals surface area contributed by atoms with Crippen LogP contribution >= 0.6 is 15.9 Å². The van der Waals surface area contributed by atoms with Gasteiger partial charge in [0.1, 0.15) is 4.90 Å². The average molecular weight is 368 g/mol. The van der Waals surface area contributed by atoms with E-state index in [1.807, 2.05) is 0 Å². The van der Waals surface area contributed by atoms with Crippen LogP contribution in [0.3, 0.4) is 0 Å². The molecule has 0 saturated carbocycles. The van der Waals surface area contributed by atoms with E-state index in [-0.39, 0.29) is 23.2 Å². The summed E-state index contributed by atoms with van der Waals surface area (Å²) in [5.74, 6) is -1.42. The maximum atomic E-state index is 14.0. The second kappa shape index (κ2) is 6.51. The Morgan fingerprint density at radius 1 is 1.50 bits per heavy atom. The molecular weight excluding hydrogens is 353 g/mol. The van der Waals surface area contributed by atoms with E-state index in [0.717, 1.165) is 10.4 Å². The Bertz CT molecular complexity index is 622. The summed E-state index contributed by atoms with van der Waals surface area (Å²) in [6, 6.07) is 2.30. The molecule has 0 heterocycles. The third kappa shape index (κ3) is 3.47. The number of nitrogens with two attached hydrogens (primary N) is 1. The number of nitrogen functional groups attached to an aromatic ring is 1. The van der Waals surface area contributed by atoms with Gasteiger partial charge in [0, 0.05) is 19.3 Å². The van der Waals surface area contributed by atoms with Crippen molar-refractivity contribution >= 4 is 37.5 Å². The van der Waals surface area contributed by atoms with E-state index in [1.165, 1.54) is 13.1 Å². The van der Waals surface area contributed by atoms with E-state index < -0.39 is 26.6 Å². The van der Waals surface area contributed by atoms with Crippen molar-refractivity contribution in [2.24, 2.45) is 0 Å². The van der Waals surface area contributed by atoms with Crippen LogP contribution < -0.4 is 11.1 Å². The van der Waals surface area contributed by atoms with Crippen LogP contribution in [-0.2, 0) is 14.8 Å². The second-order valence-electron chi connectivity index (χ2n) is 3.92. The topological polar surface area (TPSA) is 92.5 Å². The number of carbonyl (C=O) groups excluding carboxylic acids is 1. The lowest BCUT2D eigenvalue weighted by Crippen LogP contribution is -2.39. The Kier molecular flexibility index (Phi) is 5.49. The minimum atomic E-state index is -4.14. The van der Waals surface area contributed by atoms with Crippen LogP contribution in [0.4, 0.5) is 10.1 Å². The first kappa shape index (κ1) is 16.9. The van der Waals surface area contributed by atoms with Crippen molar-refractivity contribution in [3.05, 3.63) is 22.4 Å². The maximum Gasteiger partial charge on any atom is 0.246 e. The fraction of sp³-hybridized carbons (Fsp3) is 0.364. The second-order valence-corrected chi connectivity index (χ2v) is 6.68. The van der Waals surface area contributed by atoms with Crippen LogP contribution in [-0.4, -0.2) is 38.8 Å². The Morgan fingerprint density at radius 2 is 2.10 bits per heavy atom. The average Bonchev–Trinajstić information content (AvgIpc) is 2.39. The van der Waals surface area contributed by atoms with E-state index in [1.54, 1.807) is 6.92 Å². The highest BCUT2D eigenvalue weighted by molar-refractivity contribution is 9.10. The lowest BCUT2D eigenvalue weighted by molar-refractivity contribution is -0.120. The van der Waals surface area contributed by atoms with Gasteiger partial charge in [0.05, 0.1) is 11.0 Å². The number of amides is 1. The van der Waals surface area contributed by atoms with Gasteiger partial charge in [0.15, 0.2) is 5.82 Å². The molecule has 20 heavy (non-hydrogen) atoms. The summed E-state index contributed by atoms with van der Waals surface area (Å²) in [7, 11) is -2.76. The number of hydrogen-bond acceptors (Lipinski definition) is 4. The molecule has 0 bridgehead atoms. The van der Waals surface area contributed by atoms with E-state index >= 15 is 0 Å². The van der Waals surface area contributed by atoms with Crippen LogP contribution in [0, 0.1) is 5.82 Å². The predicted molar refractivity (Wildman–Crippen MR) is 77.0 cm³/mol. The van der Waals surface area contributed by atoms with E-state index in [4.69, 9.17) is 5.73 Å². The molecule has 0 atom stereocenters. The zero-order valence-electron chi connectivity index (χ0n) is 11.0. The molecule has 1 rings (SSSR count). The van der Waals surface area contributed by atoms with Gasteiger partial charge in [-0.3, -0.25) is 4.79 Å².